The first kappa shape index (κ1) is 78.9. The van der Waals surface area contributed by atoms with Gasteiger partial charge in [0.05, 0.1) is 59.2 Å². The number of ether oxygens (including phenoxy) is 2. The second kappa shape index (κ2) is 37.6. The minimum Gasteiger partial charge on any atom is -1.00 e. The Hall–Kier alpha value is -4.81. The monoisotopic (exact) mass is 1380 g/mol. The second-order valence-corrected chi connectivity index (χ2v) is 29.0. The minimum absolute atomic E-state index is 0. The first-order chi connectivity index (χ1) is 43.4. The van der Waals surface area contributed by atoms with Gasteiger partial charge in [-0.1, -0.05) is 24.3 Å². The van der Waals surface area contributed by atoms with E-state index in [1.54, 1.807) is 81.3 Å². The van der Waals surface area contributed by atoms with Crippen LogP contribution in [-0.2, 0) is 18.8 Å². The summed E-state index contributed by atoms with van der Waals surface area (Å²) in [6.07, 6.45) is 6.45. The van der Waals surface area contributed by atoms with Crippen LogP contribution in [0.25, 0.3) is 0 Å². The van der Waals surface area contributed by atoms with E-state index in [2.05, 4.69) is 85.1 Å². The summed E-state index contributed by atoms with van der Waals surface area (Å²) in [5.41, 5.74) is 0.807. The van der Waals surface area contributed by atoms with Gasteiger partial charge in [0.25, 0.3) is 12.2 Å². The van der Waals surface area contributed by atoms with Gasteiger partial charge in [-0.3, -0.25) is 34.8 Å². The van der Waals surface area contributed by atoms with E-state index < -0.39 is 47.3 Å². The Morgan fingerprint density at radius 3 is 1.39 bits per heavy atom. The van der Waals surface area contributed by atoms with Crippen LogP contribution >= 0.6 is 14.3 Å². The molecule has 10 rings (SSSR count). The minimum atomic E-state index is -2.66. The van der Waals surface area contributed by atoms with Gasteiger partial charge >= 0.3 is 108 Å². The Morgan fingerprint density at radius 1 is 0.591 bits per heavy atom. The van der Waals surface area contributed by atoms with Gasteiger partial charge in [-0.05, 0) is 104 Å². The van der Waals surface area contributed by atoms with Crippen molar-refractivity contribution >= 4 is 94.7 Å². The molecule has 494 valence electrons. The number of piperazine rings is 2. The molecular formula is C59H79F3K2N16O11P2. The van der Waals surface area contributed by atoms with Crippen molar-refractivity contribution in [1.29, 1.82) is 0 Å². The third kappa shape index (κ3) is 22.9. The molecule has 0 unspecified atom stereocenters. The fourth-order valence-corrected chi connectivity index (χ4v) is 13.1. The van der Waals surface area contributed by atoms with Gasteiger partial charge in [-0.15, -0.1) is 0 Å². The number of nitrogens with zero attached hydrogens (tertiary/aromatic N) is 11. The summed E-state index contributed by atoms with van der Waals surface area (Å²) in [5.74, 6) is -2.70. The molecule has 0 atom stereocenters. The smallest absolute Gasteiger partial charge is 1.00 e. The molecule has 93 heavy (non-hydrogen) atoms. The molecule has 0 spiro atoms. The fourth-order valence-electron chi connectivity index (χ4n) is 10.8. The third-order valence-corrected chi connectivity index (χ3v) is 18.8. The molecule has 4 aliphatic rings. The normalized spacial score (nSPS) is 15.9. The molecule has 0 bridgehead atoms. The van der Waals surface area contributed by atoms with Crippen LogP contribution in [0.15, 0.2) is 85.2 Å². The van der Waals surface area contributed by atoms with E-state index in [0.717, 1.165) is 69.6 Å². The van der Waals surface area contributed by atoms with Gasteiger partial charge in [-0.2, -0.15) is 14.4 Å². The van der Waals surface area contributed by atoms with E-state index in [1.165, 1.54) is 72.4 Å². The number of rotatable bonds is 18. The number of aromatic nitrogens is 4. The topological polar surface area (TPSA) is 316 Å². The van der Waals surface area contributed by atoms with E-state index in [-0.39, 0.29) is 157 Å². The van der Waals surface area contributed by atoms with E-state index in [9.17, 15) is 42.5 Å². The number of halogens is 3. The average molecular weight is 1390 g/mol. The first-order valence-electron chi connectivity index (χ1n) is 29.2. The van der Waals surface area contributed by atoms with Gasteiger partial charge in [0, 0.05) is 112 Å². The van der Waals surface area contributed by atoms with Crippen LogP contribution in [0.5, 0.6) is 11.5 Å². The largest absolute Gasteiger partial charge is 1.00 e. The second-order valence-electron chi connectivity index (χ2n) is 22.6. The van der Waals surface area contributed by atoms with Crippen molar-refractivity contribution in [2.24, 2.45) is 0 Å². The molecular weight excluding hydrogens is 1310 g/mol. The number of likely N-dealkylation sites (N-methyl/N-ethyl adjacent to an activating group) is 2. The molecule has 0 amide bonds. The number of nitrogens with one attached hydrogen (secondary N) is 5. The number of benzene rings is 4. The van der Waals surface area contributed by atoms with Gasteiger partial charge in [-0.25, -0.2) is 18.7 Å². The SMILES string of the molecule is CN1CCN(C2CCNCC2)CC1.COc1cc(F)c([N+](=O)[O-])cc1Nc1ncc(F)c(Nc2ccccc2P(C)(C)=O)n1.COc1cc(N2CCC(N3CCN(C)CC3)CC2)c([N+](=O)[O-])cc1Nc1ncc(F)c(Nc2ccccc2P(C)(C)=O)n1.O=CO[O-].[H-].[K+].[K+]. The molecule has 27 nitrogen and oxygen atoms in total. The molecule has 6 heterocycles. The summed E-state index contributed by atoms with van der Waals surface area (Å²) in [6, 6.07) is 19.8. The van der Waals surface area contributed by atoms with Crippen molar-refractivity contribution in [2.75, 3.05) is 160 Å². The molecule has 4 aliphatic heterocycles. The summed E-state index contributed by atoms with van der Waals surface area (Å²) in [4.78, 5) is 61.4. The molecule has 34 heteroatoms. The number of carbonyl (C=O) groups is 1. The maximum atomic E-state index is 14.8. The molecule has 0 aliphatic carbocycles. The molecule has 4 fully saturated rings. The van der Waals surface area contributed by atoms with Crippen LogP contribution in [0.1, 0.15) is 27.1 Å². The molecule has 0 radical (unpaired) electrons. The van der Waals surface area contributed by atoms with E-state index in [1.807, 2.05) is 4.90 Å². The predicted octanol–water partition coefficient (Wildman–Crippen LogP) is 1.43. The van der Waals surface area contributed by atoms with Crippen LogP contribution in [0, 0.1) is 37.7 Å². The Balaban J connectivity index is 0.000000320. The predicted molar refractivity (Wildman–Crippen MR) is 345 cm³/mol. The van der Waals surface area contributed by atoms with Crippen LogP contribution in [0.3, 0.4) is 0 Å². The number of hydrogen-bond acceptors (Lipinski definition) is 25. The summed E-state index contributed by atoms with van der Waals surface area (Å²) in [5, 5.41) is 47.5. The Bertz CT molecular complexity index is 3570. The quantitative estimate of drug-likeness (QED) is 0.0203. The number of carbonyl (C=O) groups excluding carboxylic acids is 1. The Labute approximate surface area is 625 Å². The van der Waals surface area contributed by atoms with Crippen LogP contribution < -0.4 is 160 Å². The maximum absolute atomic E-state index is 14.8. The van der Waals surface area contributed by atoms with Gasteiger partial charge in [0.1, 0.15) is 31.5 Å². The number of para-hydroxylation sites is 2. The number of piperidine rings is 2. The van der Waals surface area contributed by atoms with Crippen molar-refractivity contribution in [3.05, 3.63) is 123 Å². The van der Waals surface area contributed by atoms with Crippen molar-refractivity contribution in [3.8, 4) is 11.5 Å². The number of methoxy groups -OCH3 is 2. The van der Waals surface area contributed by atoms with Crippen LogP contribution in [-0.4, -0.2) is 201 Å². The zero-order valence-corrected chi connectivity index (χ0v) is 62.1. The third-order valence-electron chi connectivity index (χ3n) is 15.7. The van der Waals surface area contributed by atoms with Crippen molar-refractivity contribution in [3.63, 3.8) is 0 Å². The van der Waals surface area contributed by atoms with Crippen LogP contribution in [0.4, 0.5) is 76.5 Å². The summed E-state index contributed by atoms with van der Waals surface area (Å²) >= 11 is 0. The van der Waals surface area contributed by atoms with Gasteiger partial charge < -0.3 is 71.5 Å². The zero-order chi connectivity index (χ0) is 66.0. The summed E-state index contributed by atoms with van der Waals surface area (Å²) < 4.78 is 78.9. The zero-order valence-electron chi connectivity index (χ0n) is 55.1. The van der Waals surface area contributed by atoms with Crippen molar-refractivity contribution < 1.29 is 161 Å². The van der Waals surface area contributed by atoms with Crippen molar-refractivity contribution in [1.82, 2.24) is 44.9 Å². The Morgan fingerprint density at radius 2 is 0.989 bits per heavy atom. The van der Waals surface area contributed by atoms with Crippen LogP contribution in [0.2, 0.25) is 0 Å². The number of nitro benzene ring substituents is 2. The fraction of sp³-hybridized carbons (Fsp3) is 0.441. The van der Waals surface area contributed by atoms with E-state index in [0.29, 0.717) is 52.6 Å². The summed E-state index contributed by atoms with van der Waals surface area (Å²) in [7, 11) is 1.78. The molecule has 4 aromatic carbocycles. The van der Waals surface area contributed by atoms with Gasteiger partial charge in [0.15, 0.2) is 23.3 Å². The Kier molecular flexibility index (Phi) is 31.9. The van der Waals surface area contributed by atoms with Gasteiger partial charge in [0.2, 0.25) is 17.7 Å². The molecule has 0 saturated carbocycles. The number of nitro groups is 2. The number of anilines is 9. The first-order valence-corrected chi connectivity index (χ1v) is 34.4. The van der Waals surface area contributed by atoms with E-state index in [4.69, 9.17) is 19.5 Å². The molecule has 2 aromatic heterocycles. The average Bonchev–Trinajstić information content (AvgIpc) is 0.803. The molecule has 6 aromatic rings. The van der Waals surface area contributed by atoms with E-state index >= 15 is 0 Å². The van der Waals surface area contributed by atoms with Crippen molar-refractivity contribution in [2.45, 2.75) is 37.8 Å². The molecule has 4 saturated heterocycles. The molecule has 5 N–H and O–H groups in total. The summed E-state index contributed by atoms with van der Waals surface area (Å²) in [6.45, 7) is 19.4. The number of hydrogen-bond donors (Lipinski definition) is 5. The standard InChI is InChI=1S/C29H38FN8O4P.C19H18F2N5O4P.C10H21N3.CH2O3.2K.H/c1-35-13-15-36(16-14-35)20-9-11-37(12-10-20)24-18-26(42-2)23(17-25(24)38(39)40)33-29-31-19-21(30)28(34-29)32-22-7-5-6-8-27(22)43(3,4)41;1-30-16-8-11(20)15(26(27)28)9-14(16)24-19-22-10-12(21)18(25-19)23-13-6-4-5-7-17(13)31(2,3)29;1-12-6-8-13(9-7-12)10-2-4-11-5-3-10;2-1-4-3;;;/h5-8,17-20H,9-16H2,1-4H3,(H2,31,32,33,34);4-10H,1-3H3,(H2,22,23,24,25);10-11H,2-9H2,1H3;1,3H;;;/q;;;;2*+1;-1/p-1. The maximum Gasteiger partial charge on any atom is 1.00 e.